The number of hydrogen-bond acceptors (Lipinski definition) is 3. The summed E-state index contributed by atoms with van der Waals surface area (Å²) in [6.45, 7) is 7.86. The van der Waals surface area contributed by atoms with Crippen LogP contribution in [0, 0.1) is 0 Å². The number of hydrogen-bond donors (Lipinski definition) is 1. The monoisotopic (exact) mass is 247 g/mol. The Hall–Kier alpha value is -0.930. The summed E-state index contributed by atoms with van der Waals surface area (Å²) in [4.78, 5) is 6.60. The van der Waals surface area contributed by atoms with E-state index >= 15 is 0 Å². The van der Waals surface area contributed by atoms with Gasteiger partial charge in [-0.2, -0.15) is 0 Å². The molecule has 1 aromatic heterocycles. The third-order valence-corrected chi connectivity index (χ3v) is 3.74. The lowest BCUT2D eigenvalue weighted by Crippen LogP contribution is -2.35. The maximum atomic E-state index is 4.07. The van der Waals surface area contributed by atoms with Gasteiger partial charge in [-0.05, 0) is 57.0 Å². The Kier molecular flexibility index (Phi) is 5.14. The van der Waals surface area contributed by atoms with Gasteiger partial charge in [0.15, 0.2) is 0 Å². The highest BCUT2D eigenvalue weighted by Gasteiger charge is 2.20. The standard InChI is InChI=1S/C15H25N3/c1-3-18(12-14-7-9-16-10-8-14)13(2)6-11-17-15-4-5-15/h7-10,13,15,17H,3-6,11-12H2,1-2H3. The molecule has 0 aliphatic heterocycles. The van der Waals surface area contributed by atoms with Crippen LogP contribution in [0.2, 0.25) is 0 Å². The second-order valence-corrected chi connectivity index (χ2v) is 5.28. The zero-order valence-electron chi connectivity index (χ0n) is 11.6. The second kappa shape index (κ2) is 6.86. The molecule has 3 nitrogen and oxygen atoms in total. The quantitative estimate of drug-likeness (QED) is 0.765. The predicted molar refractivity (Wildman–Crippen MR) is 75.4 cm³/mol. The van der Waals surface area contributed by atoms with E-state index in [-0.39, 0.29) is 0 Å². The van der Waals surface area contributed by atoms with Crippen LogP contribution >= 0.6 is 0 Å². The summed E-state index contributed by atoms with van der Waals surface area (Å²) in [6, 6.07) is 5.68. The van der Waals surface area contributed by atoms with Crippen molar-refractivity contribution < 1.29 is 0 Å². The Morgan fingerprint density at radius 2 is 2.11 bits per heavy atom. The molecule has 1 saturated carbocycles. The van der Waals surface area contributed by atoms with Crippen LogP contribution in [-0.2, 0) is 6.54 Å². The first-order chi connectivity index (χ1) is 8.79. The molecule has 1 unspecified atom stereocenters. The molecule has 0 radical (unpaired) electrons. The van der Waals surface area contributed by atoms with Gasteiger partial charge in [-0.3, -0.25) is 9.88 Å². The van der Waals surface area contributed by atoms with Gasteiger partial charge in [0.25, 0.3) is 0 Å². The van der Waals surface area contributed by atoms with E-state index in [4.69, 9.17) is 0 Å². The number of nitrogens with one attached hydrogen (secondary N) is 1. The van der Waals surface area contributed by atoms with Gasteiger partial charge in [0.2, 0.25) is 0 Å². The highest BCUT2D eigenvalue weighted by atomic mass is 15.1. The molecule has 1 N–H and O–H groups in total. The maximum absolute atomic E-state index is 4.07. The Morgan fingerprint density at radius 3 is 2.72 bits per heavy atom. The number of pyridine rings is 1. The van der Waals surface area contributed by atoms with Gasteiger partial charge in [0, 0.05) is 31.0 Å². The maximum Gasteiger partial charge on any atom is 0.0271 e. The van der Waals surface area contributed by atoms with E-state index in [2.05, 4.69) is 41.2 Å². The van der Waals surface area contributed by atoms with E-state index in [0.29, 0.717) is 6.04 Å². The Labute approximate surface area is 111 Å². The van der Waals surface area contributed by atoms with E-state index in [0.717, 1.165) is 25.7 Å². The lowest BCUT2D eigenvalue weighted by molar-refractivity contribution is 0.200. The average Bonchev–Trinajstić information content (AvgIpc) is 3.21. The minimum atomic E-state index is 0.634. The van der Waals surface area contributed by atoms with Gasteiger partial charge in [0.1, 0.15) is 0 Å². The average molecular weight is 247 g/mol. The van der Waals surface area contributed by atoms with Crippen molar-refractivity contribution >= 4 is 0 Å². The first-order valence-electron chi connectivity index (χ1n) is 7.16. The molecule has 1 aliphatic rings. The zero-order chi connectivity index (χ0) is 12.8. The fraction of sp³-hybridized carbons (Fsp3) is 0.667. The van der Waals surface area contributed by atoms with E-state index < -0.39 is 0 Å². The fourth-order valence-corrected chi connectivity index (χ4v) is 2.27. The van der Waals surface area contributed by atoms with Crippen molar-refractivity contribution in [1.29, 1.82) is 0 Å². The fourth-order valence-electron chi connectivity index (χ4n) is 2.27. The zero-order valence-corrected chi connectivity index (χ0v) is 11.6. The molecular weight excluding hydrogens is 222 g/mol. The third-order valence-electron chi connectivity index (χ3n) is 3.74. The van der Waals surface area contributed by atoms with Crippen molar-refractivity contribution in [1.82, 2.24) is 15.2 Å². The smallest absolute Gasteiger partial charge is 0.0271 e. The molecule has 1 aromatic rings. The van der Waals surface area contributed by atoms with E-state index in [1.807, 2.05) is 12.4 Å². The van der Waals surface area contributed by atoms with Crippen molar-refractivity contribution in [3.05, 3.63) is 30.1 Å². The summed E-state index contributed by atoms with van der Waals surface area (Å²) in [5, 5.41) is 3.59. The van der Waals surface area contributed by atoms with Crippen molar-refractivity contribution in [3.63, 3.8) is 0 Å². The molecular formula is C15H25N3. The van der Waals surface area contributed by atoms with Crippen LogP contribution in [0.4, 0.5) is 0 Å². The molecule has 0 amide bonds. The Balaban J connectivity index is 1.75. The lowest BCUT2D eigenvalue weighted by Gasteiger charge is -2.28. The number of rotatable bonds is 8. The minimum Gasteiger partial charge on any atom is -0.314 e. The van der Waals surface area contributed by atoms with E-state index in [9.17, 15) is 0 Å². The number of nitrogens with zero attached hydrogens (tertiary/aromatic N) is 2. The SMILES string of the molecule is CCN(Cc1ccncc1)C(C)CCNC1CC1. The lowest BCUT2D eigenvalue weighted by atomic mass is 10.1. The van der Waals surface area contributed by atoms with Crippen molar-refractivity contribution in [2.75, 3.05) is 13.1 Å². The molecule has 18 heavy (non-hydrogen) atoms. The second-order valence-electron chi connectivity index (χ2n) is 5.28. The van der Waals surface area contributed by atoms with E-state index in [1.54, 1.807) is 0 Å². The Bertz CT molecular complexity index is 335. The third kappa shape index (κ3) is 4.39. The Morgan fingerprint density at radius 1 is 1.39 bits per heavy atom. The highest BCUT2D eigenvalue weighted by molar-refractivity contribution is 5.09. The normalized spacial score (nSPS) is 17.1. The molecule has 3 heteroatoms. The summed E-state index contributed by atoms with van der Waals surface area (Å²) in [6.07, 6.45) is 7.74. The van der Waals surface area contributed by atoms with Crippen LogP contribution in [0.25, 0.3) is 0 Å². The van der Waals surface area contributed by atoms with Crippen molar-refractivity contribution in [2.45, 2.75) is 51.7 Å². The van der Waals surface area contributed by atoms with Crippen LogP contribution in [0.3, 0.4) is 0 Å². The highest BCUT2D eigenvalue weighted by Crippen LogP contribution is 2.18. The molecule has 1 heterocycles. The molecule has 1 aliphatic carbocycles. The molecule has 100 valence electrons. The van der Waals surface area contributed by atoms with E-state index in [1.165, 1.54) is 24.8 Å². The first-order valence-corrected chi connectivity index (χ1v) is 7.16. The van der Waals surface area contributed by atoms with Gasteiger partial charge in [-0.25, -0.2) is 0 Å². The van der Waals surface area contributed by atoms with Crippen LogP contribution in [0.5, 0.6) is 0 Å². The molecule has 0 bridgehead atoms. The minimum absolute atomic E-state index is 0.634. The molecule has 0 spiro atoms. The topological polar surface area (TPSA) is 28.2 Å². The van der Waals surface area contributed by atoms with Crippen LogP contribution in [0.1, 0.15) is 38.7 Å². The van der Waals surface area contributed by atoms with Crippen LogP contribution in [-0.4, -0.2) is 35.1 Å². The van der Waals surface area contributed by atoms with Crippen LogP contribution < -0.4 is 5.32 Å². The molecule has 1 fully saturated rings. The summed E-state index contributed by atoms with van der Waals surface area (Å²) in [7, 11) is 0. The van der Waals surface area contributed by atoms with Gasteiger partial charge >= 0.3 is 0 Å². The van der Waals surface area contributed by atoms with Crippen LogP contribution in [0.15, 0.2) is 24.5 Å². The summed E-state index contributed by atoms with van der Waals surface area (Å²) >= 11 is 0. The van der Waals surface area contributed by atoms with Gasteiger partial charge < -0.3 is 5.32 Å². The molecule has 0 aromatic carbocycles. The van der Waals surface area contributed by atoms with Gasteiger partial charge in [-0.1, -0.05) is 6.92 Å². The largest absolute Gasteiger partial charge is 0.314 e. The predicted octanol–water partition coefficient (Wildman–Crippen LogP) is 2.43. The molecule has 2 rings (SSSR count). The first kappa shape index (κ1) is 13.5. The van der Waals surface area contributed by atoms with Gasteiger partial charge in [0.05, 0.1) is 0 Å². The van der Waals surface area contributed by atoms with Gasteiger partial charge in [-0.15, -0.1) is 0 Å². The van der Waals surface area contributed by atoms with Crippen molar-refractivity contribution in [2.24, 2.45) is 0 Å². The summed E-state index contributed by atoms with van der Waals surface area (Å²) in [5.41, 5.74) is 1.36. The summed E-state index contributed by atoms with van der Waals surface area (Å²) < 4.78 is 0. The molecule has 1 atom stereocenters. The molecule has 0 saturated heterocycles. The summed E-state index contributed by atoms with van der Waals surface area (Å²) in [5.74, 6) is 0. The van der Waals surface area contributed by atoms with Crippen molar-refractivity contribution in [3.8, 4) is 0 Å². The number of aromatic nitrogens is 1.